The van der Waals surface area contributed by atoms with Crippen LogP contribution in [0.15, 0.2) is 12.2 Å². The predicted molar refractivity (Wildman–Crippen MR) is 51.9 cm³/mol. The van der Waals surface area contributed by atoms with Crippen LogP contribution in [0.2, 0.25) is 0 Å². The SMILES string of the molecule is C/C=C/C(=O)N(C)CC(C)(C)C. The van der Waals surface area contributed by atoms with E-state index in [0.29, 0.717) is 0 Å². The molecule has 0 rings (SSSR count). The number of hydrogen-bond donors (Lipinski definition) is 0. The molecule has 0 unspecified atom stereocenters. The fourth-order valence-corrected chi connectivity index (χ4v) is 1.06. The van der Waals surface area contributed by atoms with Gasteiger partial charge in [0.15, 0.2) is 0 Å². The Morgan fingerprint density at radius 3 is 2.25 bits per heavy atom. The Balaban J connectivity index is 4.04. The number of hydrogen-bond acceptors (Lipinski definition) is 1. The zero-order valence-corrected chi connectivity index (χ0v) is 8.72. The molecular weight excluding hydrogens is 150 g/mol. The van der Waals surface area contributed by atoms with Crippen LogP contribution in [-0.4, -0.2) is 24.4 Å². The minimum Gasteiger partial charge on any atom is -0.342 e. The molecule has 0 aromatic heterocycles. The van der Waals surface area contributed by atoms with Gasteiger partial charge in [0, 0.05) is 13.6 Å². The number of likely N-dealkylation sites (N-methyl/N-ethyl adjacent to an activating group) is 1. The van der Waals surface area contributed by atoms with Crippen LogP contribution < -0.4 is 0 Å². The smallest absolute Gasteiger partial charge is 0.245 e. The Morgan fingerprint density at radius 2 is 1.92 bits per heavy atom. The van der Waals surface area contributed by atoms with Crippen LogP contribution in [0, 0.1) is 5.41 Å². The molecule has 0 spiro atoms. The molecule has 0 aromatic carbocycles. The summed E-state index contributed by atoms with van der Waals surface area (Å²) in [5, 5.41) is 0. The molecule has 0 aromatic rings. The summed E-state index contributed by atoms with van der Waals surface area (Å²) in [6.07, 6.45) is 3.35. The lowest BCUT2D eigenvalue weighted by Crippen LogP contribution is -2.33. The van der Waals surface area contributed by atoms with Gasteiger partial charge in [-0.3, -0.25) is 4.79 Å². The molecule has 2 heteroatoms. The normalized spacial score (nSPS) is 12.1. The van der Waals surface area contributed by atoms with Gasteiger partial charge in [-0.2, -0.15) is 0 Å². The lowest BCUT2D eigenvalue weighted by Gasteiger charge is -2.25. The minimum atomic E-state index is 0.0763. The average Bonchev–Trinajstić information content (AvgIpc) is 1.84. The first-order valence-electron chi connectivity index (χ1n) is 4.24. The fraction of sp³-hybridized carbons (Fsp3) is 0.700. The highest BCUT2D eigenvalue weighted by molar-refractivity contribution is 5.87. The highest BCUT2D eigenvalue weighted by Gasteiger charge is 2.15. The molecular formula is C10H19NO. The van der Waals surface area contributed by atoms with Crippen molar-refractivity contribution in [3.05, 3.63) is 12.2 Å². The Bertz CT molecular complexity index is 177. The molecule has 0 saturated carbocycles. The molecule has 0 aliphatic carbocycles. The minimum absolute atomic E-state index is 0.0763. The summed E-state index contributed by atoms with van der Waals surface area (Å²) in [7, 11) is 1.83. The van der Waals surface area contributed by atoms with Gasteiger partial charge in [0.25, 0.3) is 0 Å². The van der Waals surface area contributed by atoms with E-state index in [2.05, 4.69) is 20.8 Å². The molecule has 70 valence electrons. The van der Waals surface area contributed by atoms with Crippen molar-refractivity contribution in [3.8, 4) is 0 Å². The number of nitrogens with zero attached hydrogens (tertiary/aromatic N) is 1. The van der Waals surface area contributed by atoms with E-state index in [1.165, 1.54) is 0 Å². The molecule has 0 N–H and O–H groups in total. The zero-order chi connectivity index (χ0) is 9.78. The Hall–Kier alpha value is -0.790. The second-order valence-corrected chi connectivity index (χ2v) is 4.25. The number of carbonyl (C=O) groups is 1. The van der Waals surface area contributed by atoms with Crippen molar-refractivity contribution in [1.82, 2.24) is 4.90 Å². The number of rotatable bonds is 2. The third-order valence-corrected chi connectivity index (χ3v) is 1.40. The number of amides is 1. The molecule has 0 bridgehead atoms. The summed E-state index contributed by atoms with van der Waals surface area (Å²) in [4.78, 5) is 13.0. The predicted octanol–water partition coefficient (Wildman–Crippen LogP) is 2.07. The molecule has 0 aliphatic rings. The van der Waals surface area contributed by atoms with E-state index in [1.54, 1.807) is 17.1 Å². The number of carbonyl (C=O) groups excluding carboxylic acids is 1. The van der Waals surface area contributed by atoms with E-state index in [4.69, 9.17) is 0 Å². The second-order valence-electron chi connectivity index (χ2n) is 4.25. The summed E-state index contributed by atoms with van der Waals surface area (Å²) in [6.45, 7) is 8.99. The van der Waals surface area contributed by atoms with Crippen LogP contribution in [0.1, 0.15) is 27.7 Å². The van der Waals surface area contributed by atoms with Crippen molar-refractivity contribution in [2.24, 2.45) is 5.41 Å². The van der Waals surface area contributed by atoms with Crippen LogP contribution >= 0.6 is 0 Å². The van der Waals surface area contributed by atoms with Crippen LogP contribution in [0.5, 0.6) is 0 Å². The molecule has 0 saturated heterocycles. The van der Waals surface area contributed by atoms with E-state index in [9.17, 15) is 4.79 Å². The first kappa shape index (κ1) is 11.2. The average molecular weight is 169 g/mol. The summed E-state index contributed by atoms with van der Waals surface area (Å²) >= 11 is 0. The maximum absolute atomic E-state index is 11.3. The van der Waals surface area contributed by atoms with Gasteiger partial charge < -0.3 is 4.90 Å². The van der Waals surface area contributed by atoms with Gasteiger partial charge in [-0.25, -0.2) is 0 Å². The van der Waals surface area contributed by atoms with Crippen LogP contribution in [-0.2, 0) is 4.79 Å². The van der Waals surface area contributed by atoms with E-state index < -0.39 is 0 Å². The third-order valence-electron chi connectivity index (χ3n) is 1.40. The third kappa shape index (κ3) is 4.94. The highest BCUT2D eigenvalue weighted by Crippen LogP contribution is 2.14. The molecule has 12 heavy (non-hydrogen) atoms. The van der Waals surface area contributed by atoms with Gasteiger partial charge in [0.1, 0.15) is 0 Å². The van der Waals surface area contributed by atoms with Crippen LogP contribution in [0.4, 0.5) is 0 Å². The lowest BCUT2D eigenvalue weighted by molar-refractivity contribution is -0.125. The van der Waals surface area contributed by atoms with Crippen LogP contribution in [0.25, 0.3) is 0 Å². The Kier molecular flexibility index (Phi) is 4.01. The van der Waals surface area contributed by atoms with Crippen molar-refractivity contribution in [1.29, 1.82) is 0 Å². The van der Waals surface area contributed by atoms with Crippen molar-refractivity contribution < 1.29 is 4.79 Å². The van der Waals surface area contributed by atoms with Crippen molar-refractivity contribution in [3.63, 3.8) is 0 Å². The summed E-state index contributed by atoms with van der Waals surface area (Å²) in [5.74, 6) is 0.0763. The lowest BCUT2D eigenvalue weighted by atomic mass is 9.96. The maximum Gasteiger partial charge on any atom is 0.245 e. The van der Waals surface area contributed by atoms with E-state index in [-0.39, 0.29) is 11.3 Å². The molecule has 0 heterocycles. The van der Waals surface area contributed by atoms with Crippen LogP contribution in [0.3, 0.4) is 0 Å². The van der Waals surface area contributed by atoms with E-state index >= 15 is 0 Å². The quantitative estimate of drug-likeness (QED) is 0.579. The van der Waals surface area contributed by atoms with E-state index in [1.807, 2.05) is 14.0 Å². The van der Waals surface area contributed by atoms with Gasteiger partial charge >= 0.3 is 0 Å². The Morgan fingerprint density at radius 1 is 1.42 bits per heavy atom. The van der Waals surface area contributed by atoms with Crippen molar-refractivity contribution >= 4 is 5.91 Å². The molecule has 0 fully saturated rings. The summed E-state index contributed by atoms with van der Waals surface area (Å²) in [5.41, 5.74) is 0.173. The first-order valence-corrected chi connectivity index (χ1v) is 4.24. The standard InChI is InChI=1S/C10H19NO/c1-6-7-9(12)11(5)8-10(2,3)4/h6-7H,8H2,1-5H3/b7-6+. The van der Waals surface area contributed by atoms with E-state index in [0.717, 1.165) is 6.54 Å². The van der Waals surface area contributed by atoms with Crippen molar-refractivity contribution in [2.45, 2.75) is 27.7 Å². The molecule has 0 atom stereocenters. The molecule has 2 nitrogen and oxygen atoms in total. The first-order chi connectivity index (χ1) is 5.37. The van der Waals surface area contributed by atoms with Gasteiger partial charge in [-0.1, -0.05) is 26.8 Å². The topological polar surface area (TPSA) is 20.3 Å². The second kappa shape index (κ2) is 4.29. The Labute approximate surface area is 75.3 Å². The molecule has 1 amide bonds. The zero-order valence-electron chi connectivity index (χ0n) is 8.72. The number of allylic oxidation sites excluding steroid dienone is 1. The van der Waals surface area contributed by atoms with Gasteiger partial charge in [-0.05, 0) is 18.4 Å². The largest absolute Gasteiger partial charge is 0.342 e. The monoisotopic (exact) mass is 169 g/mol. The van der Waals surface area contributed by atoms with Crippen molar-refractivity contribution in [2.75, 3.05) is 13.6 Å². The maximum atomic E-state index is 11.3. The molecule has 0 radical (unpaired) electrons. The van der Waals surface area contributed by atoms with Gasteiger partial charge in [0.2, 0.25) is 5.91 Å². The molecule has 0 aliphatic heterocycles. The fourth-order valence-electron chi connectivity index (χ4n) is 1.06. The summed E-state index contributed by atoms with van der Waals surface area (Å²) in [6, 6.07) is 0. The highest BCUT2D eigenvalue weighted by atomic mass is 16.2. The van der Waals surface area contributed by atoms with Gasteiger partial charge in [0.05, 0.1) is 0 Å². The summed E-state index contributed by atoms with van der Waals surface area (Å²) < 4.78 is 0. The van der Waals surface area contributed by atoms with Gasteiger partial charge in [-0.15, -0.1) is 0 Å².